The Bertz CT molecular complexity index is 1060. The normalized spacial score (nSPS) is 12.9. The van der Waals surface area contributed by atoms with E-state index in [0.717, 1.165) is 16.7 Å². The fraction of sp³-hybridized carbons (Fsp3) is 0.167. The molecule has 0 aromatic heterocycles. The van der Waals surface area contributed by atoms with E-state index in [0.29, 0.717) is 11.6 Å². The van der Waals surface area contributed by atoms with E-state index in [1.54, 1.807) is 36.4 Å². The number of aryl methyl sites for hydroxylation is 1. The molecule has 0 aliphatic carbocycles. The molecule has 30 heavy (non-hydrogen) atoms. The fourth-order valence-electron chi connectivity index (χ4n) is 2.86. The molecule has 0 aliphatic rings. The number of sulfonamides is 1. The highest BCUT2D eigenvalue weighted by atomic mass is 35.5. The van der Waals surface area contributed by atoms with E-state index >= 15 is 0 Å². The summed E-state index contributed by atoms with van der Waals surface area (Å²) in [6.45, 7) is 2.36. The second-order valence-corrected chi connectivity index (χ2v) is 9.05. The molecule has 6 heteroatoms. The fourth-order valence-corrected chi connectivity index (χ4v) is 4.01. The topological polar surface area (TPSA) is 55.4 Å². The summed E-state index contributed by atoms with van der Waals surface area (Å²) in [5, 5.41) is 0.613. The van der Waals surface area contributed by atoms with Crippen molar-refractivity contribution >= 4 is 27.7 Å². The van der Waals surface area contributed by atoms with Crippen LogP contribution in [-0.4, -0.2) is 21.6 Å². The highest BCUT2D eigenvalue weighted by Gasteiger charge is 2.18. The molecule has 0 radical (unpaired) electrons. The third-order valence-electron chi connectivity index (χ3n) is 4.54. The molecule has 0 bridgehead atoms. The molecule has 1 N–H and O–H groups in total. The maximum absolute atomic E-state index is 12.6. The highest BCUT2D eigenvalue weighted by Crippen LogP contribution is 2.21. The minimum Gasteiger partial charge on any atom is -0.368 e. The van der Waals surface area contributed by atoms with Crippen molar-refractivity contribution < 1.29 is 13.2 Å². The first kappa shape index (κ1) is 22.2. The SMILES string of the molecule is Cc1ccc(S(=O)(=O)NCC(OC/C=C/c2ccccc2)c2ccc(Cl)cc2)cc1. The van der Waals surface area contributed by atoms with Gasteiger partial charge >= 0.3 is 0 Å². The van der Waals surface area contributed by atoms with Crippen molar-refractivity contribution in [3.8, 4) is 0 Å². The predicted octanol–water partition coefficient (Wildman–Crippen LogP) is 5.40. The summed E-state index contributed by atoms with van der Waals surface area (Å²) < 4.78 is 33.9. The maximum Gasteiger partial charge on any atom is 0.240 e. The predicted molar refractivity (Wildman–Crippen MR) is 122 cm³/mol. The highest BCUT2D eigenvalue weighted by molar-refractivity contribution is 7.89. The number of rotatable bonds is 9. The molecule has 0 amide bonds. The minimum absolute atomic E-state index is 0.108. The Morgan fingerprint density at radius 2 is 1.63 bits per heavy atom. The number of nitrogens with one attached hydrogen (secondary N) is 1. The van der Waals surface area contributed by atoms with E-state index in [4.69, 9.17) is 16.3 Å². The smallest absolute Gasteiger partial charge is 0.240 e. The first-order valence-corrected chi connectivity index (χ1v) is 11.5. The lowest BCUT2D eigenvalue weighted by Crippen LogP contribution is -2.29. The van der Waals surface area contributed by atoms with Crippen LogP contribution in [-0.2, 0) is 14.8 Å². The third kappa shape index (κ3) is 6.54. The average Bonchev–Trinajstić information content (AvgIpc) is 2.75. The molecule has 0 aliphatic heterocycles. The lowest BCUT2D eigenvalue weighted by molar-refractivity contribution is 0.0781. The number of benzene rings is 3. The van der Waals surface area contributed by atoms with Crippen LogP contribution in [0.5, 0.6) is 0 Å². The van der Waals surface area contributed by atoms with E-state index in [1.165, 1.54) is 0 Å². The van der Waals surface area contributed by atoms with Crippen LogP contribution < -0.4 is 4.72 Å². The second-order valence-electron chi connectivity index (χ2n) is 6.85. The van der Waals surface area contributed by atoms with Crippen LogP contribution in [0.4, 0.5) is 0 Å². The standard InChI is InChI=1S/C24H24ClNO3S/c1-19-9-15-23(16-10-19)30(27,28)26-18-24(21-11-13-22(25)14-12-21)29-17-5-8-20-6-3-2-4-7-20/h2-16,24,26H,17-18H2,1H3/b8-5+. The minimum atomic E-state index is -3.64. The van der Waals surface area contributed by atoms with Crippen LogP contribution >= 0.6 is 11.6 Å². The van der Waals surface area contributed by atoms with Gasteiger partial charge in [-0.15, -0.1) is 0 Å². The Balaban J connectivity index is 1.68. The molecular weight excluding hydrogens is 418 g/mol. The van der Waals surface area contributed by atoms with Gasteiger partial charge in [0.1, 0.15) is 0 Å². The van der Waals surface area contributed by atoms with Crippen LogP contribution in [0.15, 0.2) is 89.8 Å². The molecule has 3 rings (SSSR count). The number of hydrogen-bond donors (Lipinski definition) is 1. The molecule has 0 saturated carbocycles. The van der Waals surface area contributed by atoms with Crippen molar-refractivity contribution in [2.75, 3.05) is 13.2 Å². The van der Waals surface area contributed by atoms with Gasteiger partial charge in [-0.25, -0.2) is 13.1 Å². The summed E-state index contributed by atoms with van der Waals surface area (Å²) >= 11 is 5.99. The molecule has 0 spiro atoms. The maximum atomic E-state index is 12.6. The summed E-state index contributed by atoms with van der Waals surface area (Å²) in [6.07, 6.45) is 3.42. The van der Waals surface area contributed by atoms with Gasteiger partial charge in [-0.3, -0.25) is 0 Å². The lowest BCUT2D eigenvalue weighted by atomic mass is 10.1. The Hall–Kier alpha value is -2.44. The van der Waals surface area contributed by atoms with Gasteiger partial charge in [-0.2, -0.15) is 0 Å². The molecule has 4 nitrogen and oxygen atoms in total. The molecule has 3 aromatic rings. The zero-order chi connectivity index (χ0) is 21.4. The van der Waals surface area contributed by atoms with Crippen molar-refractivity contribution in [2.24, 2.45) is 0 Å². The van der Waals surface area contributed by atoms with Gasteiger partial charge in [0, 0.05) is 11.6 Å². The second kappa shape index (κ2) is 10.5. The molecule has 0 fully saturated rings. The zero-order valence-electron chi connectivity index (χ0n) is 16.7. The molecule has 1 unspecified atom stereocenters. The Morgan fingerprint density at radius 1 is 0.967 bits per heavy atom. The van der Waals surface area contributed by atoms with Gasteiger partial charge in [0.25, 0.3) is 0 Å². The van der Waals surface area contributed by atoms with E-state index in [9.17, 15) is 8.42 Å². The largest absolute Gasteiger partial charge is 0.368 e. The van der Waals surface area contributed by atoms with E-state index < -0.39 is 16.1 Å². The monoisotopic (exact) mass is 441 g/mol. The number of ether oxygens (including phenoxy) is 1. The molecule has 1 atom stereocenters. The average molecular weight is 442 g/mol. The van der Waals surface area contributed by atoms with Gasteiger partial charge in [0.2, 0.25) is 10.0 Å². The summed E-state index contributed by atoms with van der Waals surface area (Å²) in [6, 6.07) is 23.9. The molecule has 3 aromatic carbocycles. The van der Waals surface area contributed by atoms with Crippen LogP contribution in [0, 0.1) is 6.92 Å². The summed E-state index contributed by atoms with van der Waals surface area (Å²) in [7, 11) is -3.64. The van der Waals surface area contributed by atoms with Crippen LogP contribution in [0.2, 0.25) is 5.02 Å². The summed E-state index contributed by atoms with van der Waals surface area (Å²) in [4.78, 5) is 0.229. The van der Waals surface area contributed by atoms with Gasteiger partial charge in [0.15, 0.2) is 0 Å². The Kier molecular flexibility index (Phi) is 7.82. The van der Waals surface area contributed by atoms with Crippen LogP contribution in [0.3, 0.4) is 0 Å². The number of halogens is 1. The third-order valence-corrected chi connectivity index (χ3v) is 6.23. The van der Waals surface area contributed by atoms with E-state index in [-0.39, 0.29) is 11.4 Å². The molecule has 0 heterocycles. The summed E-state index contributed by atoms with van der Waals surface area (Å²) in [5.41, 5.74) is 2.92. The van der Waals surface area contributed by atoms with Crippen molar-refractivity contribution in [3.05, 3.63) is 107 Å². The van der Waals surface area contributed by atoms with E-state index in [1.807, 2.05) is 61.5 Å². The van der Waals surface area contributed by atoms with Gasteiger partial charge < -0.3 is 4.74 Å². The van der Waals surface area contributed by atoms with Crippen LogP contribution in [0.25, 0.3) is 6.08 Å². The first-order chi connectivity index (χ1) is 14.4. The lowest BCUT2D eigenvalue weighted by Gasteiger charge is -2.18. The Labute approximate surface area is 183 Å². The van der Waals surface area contributed by atoms with Gasteiger partial charge in [-0.1, -0.05) is 83.9 Å². The van der Waals surface area contributed by atoms with Crippen molar-refractivity contribution in [1.29, 1.82) is 0 Å². The van der Waals surface area contributed by atoms with Crippen molar-refractivity contribution in [1.82, 2.24) is 4.72 Å². The summed E-state index contributed by atoms with van der Waals surface area (Å²) in [5.74, 6) is 0. The zero-order valence-corrected chi connectivity index (χ0v) is 18.2. The Morgan fingerprint density at radius 3 is 2.30 bits per heavy atom. The molecular formula is C24H24ClNO3S. The van der Waals surface area contributed by atoms with Crippen molar-refractivity contribution in [2.45, 2.75) is 17.9 Å². The van der Waals surface area contributed by atoms with Crippen molar-refractivity contribution in [3.63, 3.8) is 0 Å². The first-order valence-electron chi connectivity index (χ1n) is 9.59. The van der Waals surface area contributed by atoms with Gasteiger partial charge in [0.05, 0.1) is 17.6 Å². The number of hydrogen-bond acceptors (Lipinski definition) is 3. The molecule has 0 saturated heterocycles. The van der Waals surface area contributed by atoms with Gasteiger partial charge in [-0.05, 0) is 42.3 Å². The van der Waals surface area contributed by atoms with E-state index in [2.05, 4.69) is 4.72 Å². The molecule has 156 valence electrons. The van der Waals surface area contributed by atoms with Crippen LogP contribution in [0.1, 0.15) is 22.8 Å². The quantitative estimate of drug-likeness (QED) is 0.483.